The SMILES string of the molecule is COCCCN(CCOC)C(=O)CCC1CCCC(N)C1. The van der Waals surface area contributed by atoms with E-state index in [0.717, 1.165) is 32.2 Å². The molecule has 1 aliphatic carbocycles. The van der Waals surface area contributed by atoms with Gasteiger partial charge in [-0.3, -0.25) is 4.79 Å². The van der Waals surface area contributed by atoms with Gasteiger partial charge in [-0.15, -0.1) is 0 Å². The summed E-state index contributed by atoms with van der Waals surface area (Å²) in [5.41, 5.74) is 6.01. The van der Waals surface area contributed by atoms with Crippen LogP contribution in [0.3, 0.4) is 0 Å². The Balaban J connectivity index is 2.32. The van der Waals surface area contributed by atoms with Crippen LogP contribution in [0.4, 0.5) is 0 Å². The van der Waals surface area contributed by atoms with Crippen molar-refractivity contribution < 1.29 is 14.3 Å². The number of hydrogen-bond acceptors (Lipinski definition) is 4. The summed E-state index contributed by atoms with van der Waals surface area (Å²) in [7, 11) is 3.36. The number of rotatable bonds is 10. The minimum absolute atomic E-state index is 0.238. The first-order chi connectivity index (χ1) is 10.2. The van der Waals surface area contributed by atoms with Crippen LogP contribution in [0.25, 0.3) is 0 Å². The molecule has 0 saturated heterocycles. The number of hydrogen-bond donors (Lipinski definition) is 1. The fourth-order valence-corrected chi connectivity index (χ4v) is 3.04. The van der Waals surface area contributed by atoms with Gasteiger partial charge in [0.1, 0.15) is 0 Å². The molecule has 2 atom stereocenters. The van der Waals surface area contributed by atoms with Crippen molar-refractivity contribution in [2.75, 3.05) is 40.5 Å². The zero-order chi connectivity index (χ0) is 15.5. The van der Waals surface area contributed by atoms with E-state index in [2.05, 4.69) is 0 Å². The monoisotopic (exact) mass is 300 g/mol. The highest BCUT2D eigenvalue weighted by Crippen LogP contribution is 2.27. The smallest absolute Gasteiger partial charge is 0.222 e. The Labute approximate surface area is 129 Å². The van der Waals surface area contributed by atoms with Gasteiger partial charge in [0.25, 0.3) is 0 Å². The van der Waals surface area contributed by atoms with Crippen LogP contribution in [0, 0.1) is 5.92 Å². The second-order valence-electron chi connectivity index (χ2n) is 6.05. The highest BCUT2D eigenvalue weighted by atomic mass is 16.5. The summed E-state index contributed by atoms with van der Waals surface area (Å²) >= 11 is 0. The predicted molar refractivity (Wildman–Crippen MR) is 84.1 cm³/mol. The highest BCUT2D eigenvalue weighted by molar-refractivity contribution is 5.76. The second kappa shape index (κ2) is 11.0. The molecule has 0 aromatic rings. The number of carbonyl (C=O) groups excluding carboxylic acids is 1. The summed E-state index contributed by atoms with van der Waals surface area (Å²) in [6.45, 7) is 2.70. The lowest BCUT2D eigenvalue weighted by Crippen LogP contribution is -2.36. The Morgan fingerprint density at radius 2 is 1.95 bits per heavy atom. The van der Waals surface area contributed by atoms with Crippen LogP contribution < -0.4 is 5.73 Å². The van der Waals surface area contributed by atoms with Gasteiger partial charge in [-0.1, -0.05) is 12.8 Å². The summed E-state index contributed by atoms with van der Waals surface area (Å²) in [5, 5.41) is 0. The van der Waals surface area contributed by atoms with Crippen molar-refractivity contribution in [2.45, 2.75) is 51.0 Å². The minimum Gasteiger partial charge on any atom is -0.385 e. The molecule has 2 unspecified atom stereocenters. The number of nitrogens with zero attached hydrogens (tertiary/aromatic N) is 1. The van der Waals surface area contributed by atoms with Gasteiger partial charge in [-0.05, 0) is 31.6 Å². The van der Waals surface area contributed by atoms with Crippen molar-refractivity contribution >= 4 is 5.91 Å². The molecule has 0 aromatic carbocycles. The van der Waals surface area contributed by atoms with Crippen molar-refractivity contribution in [3.63, 3.8) is 0 Å². The van der Waals surface area contributed by atoms with E-state index in [0.29, 0.717) is 38.1 Å². The molecule has 0 aliphatic heterocycles. The van der Waals surface area contributed by atoms with Crippen LogP contribution >= 0.6 is 0 Å². The van der Waals surface area contributed by atoms with Gasteiger partial charge in [-0.2, -0.15) is 0 Å². The molecule has 2 N–H and O–H groups in total. The Hall–Kier alpha value is -0.650. The zero-order valence-electron chi connectivity index (χ0n) is 13.7. The van der Waals surface area contributed by atoms with Gasteiger partial charge in [0.15, 0.2) is 0 Å². The van der Waals surface area contributed by atoms with E-state index in [1.807, 2.05) is 4.90 Å². The van der Waals surface area contributed by atoms with Crippen molar-refractivity contribution in [2.24, 2.45) is 11.7 Å². The van der Waals surface area contributed by atoms with E-state index in [9.17, 15) is 4.79 Å². The third-order valence-electron chi connectivity index (χ3n) is 4.28. The number of ether oxygens (including phenoxy) is 2. The van der Waals surface area contributed by atoms with E-state index >= 15 is 0 Å². The van der Waals surface area contributed by atoms with Crippen LogP contribution in [-0.2, 0) is 14.3 Å². The Morgan fingerprint density at radius 1 is 1.19 bits per heavy atom. The average molecular weight is 300 g/mol. The van der Waals surface area contributed by atoms with Gasteiger partial charge in [0.05, 0.1) is 6.61 Å². The van der Waals surface area contributed by atoms with E-state index < -0.39 is 0 Å². The Kier molecular flexibility index (Phi) is 9.63. The van der Waals surface area contributed by atoms with Gasteiger partial charge < -0.3 is 20.1 Å². The summed E-state index contributed by atoms with van der Waals surface area (Å²) in [6.07, 6.45) is 7.13. The molecule has 1 saturated carbocycles. The second-order valence-corrected chi connectivity index (χ2v) is 6.05. The van der Waals surface area contributed by atoms with Gasteiger partial charge in [0.2, 0.25) is 5.91 Å². The maximum Gasteiger partial charge on any atom is 0.222 e. The summed E-state index contributed by atoms with van der Waals surface area (Å²) in [5.74, 6) is 0.864. The van der Waals surface area contributed by atoms with Crippen LogP contribution in [0.5, 0.6) is 0 Å². The topological polar surface area (TPSA) is 64.8 Å². The molecular formula is C16H32N2O3. The van der Waals surface area contributed by atoms with E-state index in [1.54, 1.807) is 14.2 Å². The maximum absolute atomic E-state index is 12.4. The molecule has 21 heavy (non-hydrogen) atoms. The highest BCUT2D eigenvalue weighted by Gasteiger charge is 2.21. The molecule has 1 aliphatic rings. The zero-order valence-corrected chi connectivity index (χ0v) is 13.7. The predicted octanol–water partition coefficient (Wildman–Crippen LogP) is 1.80. The van der Waals surface area contributed by atoms with Crippen molar-refractivity contribution in [3.05, 3.63) is 0 Å². The van der Waals surface area contributed by atoms with E-state index in [4.69, 9.17) is 15.2 Å². The van der Waals surface area contributed by atoms with Crippen molar-refractivity contribution in [3.8, 4) is 0 Å². The van der Waals surface area contributed by atoms with E-state index in [1.165, 1.54) is 12.8 Å². The third kappa shape index (κ3) is 7.79. The normalized spacial score (nSPS) is 22.2. The molecule has 1 amide bonds. The van der Waals surface area contributed by atoms with Crippen LogP contribution in [-0.4, -0.2) is 57.4 Å². The molecular weight excluding hydrogens is 268 g/mol. The van der Waals surface area contributed by atoms with Crippen LogP contribution in [0.2, 0.25) is 0 Å². The number of methoxy groups -OCH3 is 2. The number of nitrogens with two attached hydrogens (primary N) is 1. The molecule has 0 aromatic heterocycles. The first-order valence-corrected chi connectivity index (χ1v) is 8.18. The Bertz CT molecular complexity index is 287. The van der Waals surface area contributed by atoms with Gasteiger partial charge >= 0.3 is 0 Å². The fourth-order valence-electron chi connectivity index (χ4n) is 3.04. The molecule has 0 bridgehead atoms. The van der Waals surface area contributed by atoms with Crippen LogP contribution in [0.1, 0.15) is 44.9 Å². The molecule has 0 spiro atoms. The lowest BCUT2D eigenvalue weighted by molar-refractivity contribution is -0.132. The first kappa shape index (κ1) is 18.4. The molecule has 5 heteroatoms. The minimum atomic E-state index is 0.238. The van der Waals surface area contributed by atoms with Crippen molar-refractivity contribution in [1.29, 1.82) is 0 Å². The van der Waals surface area contributed by atoms with Crippen molar-refractivity contribution in [1.82, 2.24) is 4.90 Å². The molecule has 1 fully saturated rings. The molecule has 5 nitrogen and oxygen atoms in total. The number of carbonyl (C=O) groups is 1. The first-order valence-electron chi connectivity index (χ1n) is 8.18. The third-order valence-corrected chi connectivity index (χ3v) is 4.28. The molecule has 1 rings (SSSR count). The van der Waals surface area contributed by atoms with Crippen LogP contribution in [0.15, 0.2) is 0 Å². The van der Waals surface area contributed by atoms with Gasteiger partial charge in [0, 0.05) is 46.4 Å². The number of amides is 1. The quantitative estimate of drug-likeness (QED) is 0.625. The standard InChI is InChI=1S/C16H32N2O3/c1-20-11-4-9-18(10-12-21-2)16(19)8-7-14-5-3-6-15(17)13-14/h14-15H,3-13,17H2,1-2H3. The molecule has 124 valence electrons. The lowest BCUT2D eigenvalue weighted by atomic mass is 9.83. The maximum atomic E-state index is 12.4. The molecule has 0 heterocycles. The largest absolute Gasteiger partial charge is 0.385 e. The van der Waals surface area contributed by atoms with E-state index in [-0.39, 0.29) is 5.91 Å². The Morgan fingerprint density at radius 3 is 2.62 bits per heavy atom. The summed E-state index contributed by atoms with van der Waals surface area (Å²) in [6, 6.07) is 0.338. The fraction of sp³-hybridized carbons (Fsp3) is 0.938. The lowest BCUT2D eigenvalue weighted by Gasteiger charge is -2.28. The average Bonchev–Trinajstić information content (AvgIpc) is 2.48. The van der Waals surface area contributed by atoms with Gasteiger partial charge in [-0.25, -0.2) is 0 Å². The summed E-state index contributed by atoms with van der Waals surface area (Å²) in [4.78, 5) is 14.3. The molecule has 0 radical (unpaired) electrons. The summed E-state index contributed by atoms with van der Waals surface area (Å²) < 4.78 is 10.2.